The van der Waals surface area contributed by atoms with Crippen molar-refractivity contribution in [2.45, 2.75) is 26.8 Å². The number of fused-ring (bicyclic) bond motifs is 1. The first-order valence-corrected chi connectivity index (χ1v) is 16.4. The molecular weight excluding hydrogens is 618 g/mol. The largest absolute Gasteiger partial charge is 0.336 e. The first kappa shape index (κ1) is 29.9. The first-order chi connectivity index (χ1) is 20.1. The second-order valence-corrected chi connectivity index (χ2v) is 13.4. The Morgan fingerprint density at radius 1 is 0.857 bits per heavy atom. The van der Waals surface area contributed by atoms with E-state index in [0.29, 0.717) is 35.1 Å². The van der Waals surface area contributed by atoms with E-state index in [0.717, 1.165) is 21.2 Å². The van der Waals surface area contributed by atoms with Crippen molar-refractivity contribution in [1.82, 2.24) is 13.8 Å². The van der Waals surface area contributed by atoms with Gasteiger partial charge in [-0.1, -0.05) is 65.3 Å². The molecule has 8 nitrogen and oxygen atoms in total. The summed E-state index contributed by atoms with van der Waals surface area (Å²) >= 11 is 3.52. The molecule has 0 radical (unpaired) electrons. The Morgan fingerprint density at radius 2 is 1.52 bits per heavy atom. The number of carbonyl (C=O) groups excluding carboxylic acids is 2. The van der Waals surface area contributed by atoms with E-state index in [-0.39, 0.29) is 49.1 Å². The maximum atomic E-state index is 13.9. The third-order valence-electron chi connectivity index (χ3n) is 7.71. The summed E-state index contributed by atoms with van der Waals surface area (Å²) < 4.78 is 28.1. The smallest absolute Gasteiger partial charge is 0.259 e. The van der Waals surface area contributed by atoms with Crippen molar-refractivity contribution in [2.75, 3.05) is 31.9 Å². The first-order valence-electron chi connectivity index (χ1n) is 13.9. The number of nitrogens with zero attached hydrogens (tertiary/aromatic N) is 3. The number of hydrogen-bond donors (Lipinski definition) is 0. The molecule has 0 unspecified atom stereocenters. The van der Waals surface area contributed by atoms with Crippen molar-refractivity contribution >= 4 is 48.4 Å². The van der Waals surface area contributed by atoms with Gasteiger partial charge in [0, 0.05) is 53.6 Å². The van der Waals surface area contributed by atoms with Crippen LogP contribution in [0.2, 0.25) is 0 Å². The van der Waals surface area contributed by atoms with E-state index in [1.165, 1.54) is 4.31 Å². The molecular formula is C32H32BrN3O5S. The third kappa shape index (κ3) is 5.84. The Morgan fingerprint density at radius 3 is 2.14 bits per heavy atom. The molecule has 218 valence electrons. The molecule has 5 rings (SSSR count). The third-order valence-corrected chi connectivity index (χ3v) is 10.1. The summed E-state index contributed by atoms with van der Waals surface area (Å²) in [5.74, 6) is -0.265. The van der Waals surface area contributed by atoms with Crippen LogP contribution in [0.4, 0.5) is 0 Å². The van der Waals surface area contributed by atoms with E-state index in [1.54, 1.807) is 53.6 Å². The van der Waals surface area contributed by atoms with Gasteiger partial charge in [0.1, 0.15) is 0 Å². The number of pyridine rings is 1. The van der Waals surface area contributed by atoms with E-state index in [4.69, 9.17) is 0 Å². The number of amides is 1. The van der Waals surface area contributed by atoms with Gasteiger partial charge in [-0.3, -0.25) is 19.0 Å². The van der Waals surface area contributed by atoms with Crippen LogP contribution in [0, 0.1) is 0 Å². The average Bonchev–Trinajstić information content (AvgIpc) is 3.02. The highest BCUT2D eigenvalue weighted by atomic mass is 79.9. The van der Waals surface area contributed by atoms with Crippen LogP contribution < -0.4 is 5.56 Å². The molecule has 3 aromatic carbocycles. The maximum absolute atomic E-state index is 13.9. The van der Waals surface area contributed by atoms with E-state index < -0.39 is 10.0 Å². The molecule has 0 bridgehead atoms. The molecule has 0 aliphatic carbocycles. The van der Waals surface area contributed by atoms with E-state index >= 15 is 0 Å². The Hall–Kier alpha value is -3.60. The van der Waals surface area contributed by atoms with Gasteiger partial charge in [-0.25, -0.2) is 8.42 Å². The summed E-state index contributed by atoms with van der Waals surface area (Å²) in [4.78, 5) is 42.1. The molecule has 1 fully saturated rings. The zero-order chi connectivity index (χ0) is 30.0. The quantitative estimate of drug-likeness (QED) is 0.245. The SMILES string of the molecule is CCC(=O)c1c(-c2ccccc2)c2cc(Br)ccc2c(=O)n1Cc1ccc(C(=O)N2CCN(S(=O)(=O)CC)CC2)cc1. The van der Waals surface area contributed by atoms with Crippen molar-refractivity contribution < 1.29 is 18.0 Å². The standard InChI is InChI=1S/C32H32BrN3O5S/c1-3-28(37)30-29(23-8-6-5-7-9-23)27-20-25(33)14-15-26(27)32(39)36(30)21-22-10-12-24(13-11-22)31(38)34-16-18-35(19-17-34)42(40,41)4-2/h5-15,20H,3-4,16-19,21H2,1-2H3. The van der Waals surface area contributed by atoms with E-state index in [1.807, 2.05) is 42.5 Å². The van der Waals surface area contributed by atoms with Crippen LogP contribution in [0.15, 0.2) is 82.1 Å². The fourth-order valence-corrected chi connectivity index (χ4v) is 6.84. The number of aromatic nitrogens is 1. The molecule has 2 heterocycles. The van der Waals surface area contributed by atoms with Crippen LogP contribution in [0.25, 0.3) is 21.9 Å². The fourth-order valence-electron chi connectivity index (χ4n) is 5.39. The lowest BCUT2D eigenvalue weighted by molar-refractivity contribution is 0.0698. The van der Waals surface area contributed by atoms with Gasteiger partial charge in [-0.2, -0.15) is 4.31 Å². The van der Waals surface area contributed by atoms with Crippen LogP contribution in [0.1, 0.15) is 46.7 Å². The maximum Gasteiger partial charge on any atom is 0.259 e. The van der Waals surface area contributed by atoms with Gasteiger partial charge >= 0.3 is 0 Å². The predicted octanol–water partition coefficient (Wildman–Crippen LogP) is 5.18. The number of benzene rings is 3. The number of piperazine rings is 1. The molecule has 1 aliphatic rings. The number of ketones is 1. The van der Waals surface area contributed by atoms with E-state index in [2.05, 4.69) is 15.9 Å². The molecule has 0 atom stereocenters. The molecule has 1 aliphatic heterocycles. The zero-order valence-corrected chi connectivity index (χ0v) is 25.9. The average molecular weight is 651 g/mol. The minimum atomic E-state index is -3.28. The van der Waals surface area contributed by atoms with Crippen molar-refractivity contribution in [1.29, 1.82) is 0 Å². The minimum absolute atomic E-state index is 0.0403. The number of Topliss-reactive ketones (excluding diaryl/α,β-unsaturated/α-hetero) is 1. The van der Waals surface area contributed by atoms with E-state index in [9.17, 15) is 22.8 Å². The lowest BCUT2D eigenvalue weighted by atomic mass is 9.94. The van der Waals surface area contributed by atoms with Gasteiger partial charge in [0.25, 0.3) is 11.5 Å². The van der Waals surface area contributed by atoms with Gasteiger partial charge < -0.3 is 4.90 Å². The number of rotatable bonds is 8. The van der Waals surface area contributed by atoms with Crippen LogP contribution in [-0.2, 0) is 16.6 Å². The van der Waals surface area contributed by atoms with Gasteiger partial charge in [0.2, 0.25) is 10.0 Å². The second-order valence-electron chi connectivity index (χ2n) is 10.2. The van der Waals surface area contributed by atoms with Gasteiger partial charge in [-0.15, -0.1) is 0 Å². The lowest BCUT2D eigenvalue weighted by Gasteiger charge is -2.33. The molecule has 4 aromatic rings. The zero-order valence-electron chi connectivity index (χ0n) is 23.5. The Labute approximate surface area is 253 Å². The molecule has 0 spiro atoms. The molecule has 0 saturated carbocycles. The monoisotopic (exact) mass is 649 g/mol. The van der Waals surface area contributed by atoms with Gasteiger partial charge in [-0.05, 0) is 53.8 Å². The summed E-state index contributed by atoms with van der Waals surface area (Å²) in [5, 5.41) is 1.22. The number of sulfonamides is 1. The van der Waals surface area contributed by atoms with Crippen LogP contribution in [0.5, 0.6) is 0 Å². The fraction of sp³-hybridized carbons (Fsp3) is 0.281. The molecule has 1 amide bonds. The highest BCUT2D eigenvalue weighted by Crippen LogP contribution is 2.33. The molecule has 1 aromatic heterocycles. The highest BCUT2D eigenvalue weighted by molar-refractivity contribution is 9.10. The number of hydrogen-bond acceptors (Lipinski definition) is 5. The van der Waals surface area contributed by atoms with Crippen molar-refractivity contribution in [2.24, 2.45) is 0 Å². The lowest BCUT2D eigenvalue weighted by Crippen LogP contribution is -2.50. The molecule has 10 heteroatoms. The summed E-state index contributed by atoms with van der Waals surface area (Å²) in [7, 11) is -3.28. The van der Waals surface area contributed by atoms with Gasteiger partial charge in [0.15, 0.2) is 5.78 Å². The molecule has 0 N–H and O–H groups in total. The van der Waals surface area contributed by atoms with Crippen LogP contribution >= 0.6 is 15.9 Å². The predicted molar refractivity (Wildman–Crippen MR) is 168 cm³/mol. The Bertz CT molecular complexity index is 1810. The van der Waals surface area contributed by atoms with Crippen LogP contribution in [0.3, 0.4) is 0 Å². The number of halogens is 1. The molecule has 42 heavy (non-hydrogen) atoms. The summed E-state index contributed by atoms with van der Waals surface area (Å²) in [5.41, 5.74) is 2.92. The van der Waals surface area contributed by atoms with Crippen molar-refractivity contribution in [3.8, 4) is 11.1 Å². The Balaban J connectivity index is 1.49. The highest BCUT2D eigenvalue weighted by Gasteiger charge is 2.28. The summed E-state index contributed by atoms with van der Waals surface area (Å²) in [6.45, 7) is 4.77. The van der Waals surface area contributed by atoms with Crippen molar-refractivity contribution in [3.05, 3.63) is 104 Å². The Kier molecular flexibility index (Phi) is 8.77. The minimum Gasteiger partial charge on any atom is -0.336 e. The topological polar surface area (TPSA) is 96.8 Å². The van der Waals surface area contributed by atoms with Gasteiger partial charge in [0.05, 0.1) is 18.0 Å². The van der Waals surface area contributed by atoms with Crippen molar-refractivity contribution in [3.63, 3.8) is 0 Å². The second kappa shape index (κ2) is 12.3. The normalized spacial score (nSPS) is 14.3. The molecule has 1 saturated heterocycles. The number of carbonyl (C=O) groups is 2. The summed E-state index contributed by atoms with van der Waals surface area (Å²) in [6, 6.07) is 22.1. The summed E-state index contributed by atoms with van der Waals surface area (Å²) in [6.07, 6.45) is 0.235. The van der Waals surface area contributed by atoms with Crippen LogP contribution in [-0.4, -0.2) is 65.8 Å².